The fourth-order valence-electron chi connectivity index (χ4n) is 1.88. The van der Waals surface area contributed by atoms with Crippen molar-refractivity contribution >= 4 is 27.7 Å². The second kappa shape index (κ2) is 6.38. The lowest BCUT2D eigenvalue weighted by molar-refractivity contribution is -0.150. The molecule has 1 atom stereocenters. The Morgan fingerprint density at radius 1 is 1.18 bits per heavy atom. The van der Waals surface area contributed by atoms with Crippen LogP contribution in [-0.4, -0.2) is 53.1 Å². The Labute approximate surface area is 111 Å². The minimum absolute atomic E-state index is 0.0594. The molecule has 0 radical (unpaired) electrons. The van der Waals surface area contributed by atoms with E-state index in [2.05, 4.69) is 29.8 Å². The van der Waals surface area contributed by atoms with Gasteiger partial charge >= 0.3 is 0 Å². The lowest BCUT2D eigenvalue weighted by Gasteiger charge is -2.35. The highest BCUT2D eigenvalue weighted by Gasteiger charge is 2.30. The van der Waals surface area contributed by atoms with E-state index in [-0.39, 0.29) is 24.9 Å². The average Bonchev–Trinajstić information content (AvgIpc) is 2.29. The number of nitrogens with zero attached hydrogens (tertiary/aromatic N) is 2. The molecule has 0 aromatic rings. The summed E-state index contributed by atoms with van der Waals surface area (Å²) >= 11 is 3.47. The summed E-state index contributed by atoms with van der Waals surface area (Å²) in [7, 11) is 0. The van der Waals surface area contributed by atoms with Crippen LogP contribution in [0.25, 0.3) is 0 Å². The second-order valence-corrected chi connectivity index (χ2v) is 5.49. The maximum Gasteiger partial charge on any atom is 0.242 e. The van der Waals surface area contributed by atoms with Crippen LogP contribution in [0.4, 0.5) is 0 Å². The maximum absolute atomic E-state index is 11.9. The minimum Gasteiger partial charge on any atom is -0.332 e. The molecule has 4 nitrogen and oxygen atoms in total. The van der Waals surface area contributed by atoms with Crippen molar-refractivity contribution in [1.29, 1.82) is 0 Å². The molecule has 0 bridgehead atoms. The van der Waals surface area contributed by atoms with Crippen LogP contribution in [0.15, 0.2) is 0 Å². The summed E-state index contributed by atoms with van der Waals surface area (Å²) in [5, 5.41) is 0.861. The SMILES string of the molecule is CCN1CC(=O)N(CC(CBr)C(C)C)CC1=O. The number of amides is 2. The largest absolute Gasteiger partial charge is 0.332 e. The number of hydrogen-bond donors (Lipinski definition) is 0. The molecule has 1 unspecified atom stereocenters. The van der Waals surface area contributed by atoms with E-state index in [0.717, 1.165) is 5.33 Å². The van der Waals surface area contributed by atoms with Crippen molar-refractivity contribution in [3.63, 3.8) is 0 Å². The van der Waals surface area contributed by atoms with Gasteiger partial charge < -0.3 is 9.80 Å². The highest BCUT2D eigenvalue weighted by molar-refractivity contribution is 9.09. The van der Waals surface area contributed by atoms with Crippen LogP contribution in [0.5, 0.6) is 0 Å². The Morgan fingerprint density at radius 2 is 1.71 bits per heavy atom. The smallest absolute Gasteiger partial charge is 0.242 e. The van der Waals surface area contributed by atoms with Crippen molar-refractivity contribution in [2.45, 2.75) is 20.8 Å². The van der Waals surface area contributed by atoms with Crippen LogP contribution in [0.3, 0.4) is 0 Å². The molecule has 0 aliphatic carbocycles. The summed E-state index contributed by atoms with van der Waals surface area (Å²) in [5.41, 5.74) is 0. The van der Waals surface area contributed by atoms with Gasteiger partial charge in [0.1, 0.15) is 0 Å². The number of carbonyl (C=O) groups excluding carboxylic acids is 2. The molecule has 1 saturated heterocycles. The van der Waals surface area contributed by atoms with E-state index in [4.69, 9.17) is 0 Å². The van der Waals surface area contributed by atoms with Gasteiger partial charge in [-0.3, -0.25) is 9.59 Å². The molecule has 1 heterocycles. The van der Waals surface area contributed by atoms with E-state index >= 15 is 0 Å². The third-order valence-corrected chi connectivity index (χ3v) is 4.17. The number of hydrogen-bond acceptors (Lipinski definition) is 2. The van der Waals surface area contributed by atoms with E-state index in [1.807, 2.05) is 6.92 Å². The molecular weight excluding hydrogens is 284 g/mol. The van der Waals surface area contributed by atoms with Gasteiger partial charge in [0.15, 0.2) is 0 Å². The zero-order valence-corrected chi connectivity index (χ0v) is 12.4. The lowest BCUT2D eigenvalue weighted by atomic mass is 9.97. The summed E-state index contributed by atoms with van der Waals surface area (Å²) in [5.74, 6) is 1.03. The Hall–Kier alpha value is -0.580. The van der Waals surface area contributed by atoms with Crippen LogP contribution >= 0.6 is 15.9 Å². The van der Waals surface area contributed by atoms with Gasteiger partial charge in [0, 0.05) is 18.4 Å². The number of rotatable bonds is 5. The molecule has 1 rings (SSSR count). The van der Waals surface area contributed by atoms with Crippen molar-refractivity contribution in [3.8, 4) is 0 Å². The number of alkyl halides is 1. The maximum atomic E-state index is 11.9. The molecule has 0 aromatic carbocycles. The first-order valence-electron chi connectivity index (χ1n) is 6.11. The Morgan fingerprint density at radius 3 is 2.18 bits per heavy atom. The lowest BCUT2D eigenvalue weighted by Crippen LogP contribution is -2.54. The number of piperazine rings is 1. The summed E-state index contributed by atoms with van der Waals surface area (Å²) in [6.45, 7) is 7.94. The predicted octanol–water partition coefficient (Wildman–Crippen LogP) is 1.34. The first-order valence-corrected chi connectivity index (χ1v) is 7.23. The predicted molar refractivity (Wildman–Crippen MR) is 71.0 cm³/mol. The molecule has 0 N–H and O–H groups in total. The van der Waals surface area contributed by atoms with Crippen molar-refractivity contribution in [2.24, 2.45) is 11.8 Å². The van der Waals surface area contributed by atoms with Gasteiger partial charge in [0.2, 0.25) is 11.8 Å². The van der Waals surface area contributed by atoms with Gasteiger partial charge in [-0.05, 0) is 18.8 Å². The van der Waals surface area contributed by atoms with Gasteiger partial charge in [-0.15, -0.1) is 0 Å². The normalized spacial score (nSPS) is 19.1. The van der Waals surface area contributed by atoms with Crippen molar-refractivity contribution < 1.29 is 9.59 Å². The molecule has 1 fully saturated rings. The fraction of sp³-hybridized carbons (Fsp3) is 0.833. The first kappa shape index (κ1) is 14.5. The molecule has 17 heavy (non-hydrogen) atoms. The third kappa shape index (κ3) is 3.69. The molecule has 98 valence electrons. The van der Waals surface area contributed by atoms with E-state index in [9.17, 15) is 9.59 Å². The van der Waals surface area contributed by atoms with Crippen LogP contribution in [-0.2, 0) is 9.59 Å². The van der Waals surface area contributed by atoms with E-state index in [0.29, 0.717) is 24.9 Å². The fourth-order valence-corrected chi connectivity index (χ4v) is 2.83. The quantitative estimate of drug-likeness (QED) is 0.719. The third-order valence-electron chi connectivity index (χ3n) is 3.34. The van der Waals surface area contributed by atoms with Crippen LogP contribution in [0, 0.1) is 11.8 Å². The standard InChI is InChI=1S/C12H21BrN2O2/c1-4-14-7-12(17)15(8-11(14)16)6-10(5-13)9(2)3/h9-10H,4-8H2,1-3H3. The molecule has 2 amide bonds. The van der Waals surface area contributed by atoms with E-state index in [1.54, 1.807) is 9.80 Å². The Kier molecular flexibility index (Phi) is 5.43. The Bertz CT molecular complexity index is 294. The van der Waals surface area contributed by atoms with Crippen molar-refractivity contribution in [1.82, 2.24) is 9.80 Å². The topological polar surface area (TPSA) is 40.6 Å². The molecule has 0 saturated carbocycles. The first-order chi connectivity index (χ1) is 7.99. The number of likely N-dealkylation sites (N-methyl/N-ethyl adjacent to an activating group) is 1. The average molecular weight is 305 g/mol. The second-order valence-electron chi connectivity index (χ2n) is 4.84. The van der Waals surface area contributed by atoms with Gasteiger partial charge in [-0.1, -0.05) is 29.8 Å². The van der Waals surface area contributed by atoms with Crippen molar-refractivity contribution in [2.75, 3.05) is 31.5 Å². The molecule has 0 aromatic heterocycles. The summed E-state index contributed by atoms with van der Waals surface area (Å²) in [4.78, 5) is 26.9. The van der Waals surface area contributed by atoms with Gasteiger partial charge in [0.05, 0.1) is 13.1 Å². The molecule has 1 aliphatic heterocycles. The van der Waals surface area contributed by atoms with Crippen LogP contribution < -0.4 is 0 Å². The number of carbonyl (C=O) groups is 2. The highest BCUT2D eigenvalue weighted by atomic mass is 79.9. The van der Waals surface area contributed by atoms with E-state index in [1.165, 1.54) is 0 Å². The van der Waals surface area contributed by atoms with Crippen LogP contribution in [0.2, 0.25) is 0 Å². The Balaban J connectivity index is 2.61. The minimum atomic E-state index is 0.0594. The summed E-state index contributed by atoms with van der Waals surface area (Å²) < 4.78 is 0. The molecule has 1 aliphatic rings. The monoisotopic (exact) mass is 304 g/mol. The van der Waals surface area contributed by atoms with Crippen molar-refractivity contribution in [3.05, 3.63) is 0 Å². The molecule has 5 heteroatoms. The molecular formula is C12H21BrN2O2. The van der Waals surface area contributed by atoms with Gasteiger partial charge in [-0.2, -0.15) is 0 Å². The zero-order valence-electron chi connectivity index (χ0n) is 10.8. The van der Waals surface area contributed by atoms with E-state index < -0.39 is 0 Å². The van der Waals surface area contributed by atoms with Gasteiger partial charge in [-0.25, -0.2) is 0 Å². The highest BCUT2D eigenvalue weighted by Crippen LogP contribution is 2.17. The van der Waals surface area contributed by atoms with Crippen LogP contribution in [0.1, 0.15) is 20.8 Å². The number of halogens is 1. The van der Waals surface area contributed by atoms with Gasteiger partial charge in [0.25, 0.3) is 0 Å². The summed E-state index contributed by atoms with van der Waals surface area (Å²) in [6.07, 6.45) is 0. The summed E-state index contributed by atoms with van der Waals surface area (Å²) in [6, 6.07) is 0. The zero-order chi connectivity index (χ0) is 13.0. The molecule has 0 spiro atoms.